The van der Waals surface area contributed by atoms with E-state index < -0.39 is 0 Å². The first-order valence-electron chi connectivity index (χ1n) is 4.34. The highest BCUT2D eigenvalue weighted by atomic mass is 127. The number of alkyl halides is 1. The number of nitrogens with one attached hydrogen (secondary N) is 1. The van der Waals surface area contributed by atoms with Gasteiger partial charge in [-0.25, -0.2) is 0 Å². The van der Waals surface area contributed by atoms with Crippen LogP contribution in [0.2, 0.25) is 5.02 Å². The maximum absolute atomic E-state index is 5.77. The zero-order valence-corrected chi connectivity index (χ0v) is 10.3. The summed E-state index contributed by atoms with van der Waals surface area (Å²) in [7, 11) is 0. The molecule has 1 nitrogen and oxygen atoms in total. The molecule has 1 aromatic carbocycles. The molecule has 1 rings (SSSR count). The Morgan fingerprint density at radius 3 is 2.54 bits per heavy atom. The fourth-order valence-electron chi connectivity index (χ4n) is 1.03. The Kier molecular flexibility index (Phi) is 5.75. The first-order valence-corrected chi connectivity index (χ1v) is 6.24. The van der Waals surface area contributed by atoms with Crippen LogP contribution in [0.4, 0.5) is 0 Å². The van der Waals surface area contributed by atoms with E-state index in [1.54, 1.807) is 0 Å². The van der Waals surface area contributed by atoms with Crippen LogP contribution in [0.25, 0.3) is 0 Å². The van der Waals surface area contributed by atoms with Gasteiger partial charge in [0.25, 0.3) is 0 Å². The van der Waals surface area contributed by atoms with E-state index in [0.29, 0.717) is 0 Å². The molecule has 0 radical (unpaired) electrons. The lowest BCUT2D eigenvalue weighted by Gasteiger charge is -2.03. The lowest BCUT2D eigenvalue weighted by atomic mass is 10.2. The van der Waals surface area contributed by atoms with Crippen LogP contribution in [0.1, 0.15) is 12.0 Å². The van der Waals surface area contributed by atoms with Gasteiger partial charge in [0.2, 0.25) is 0 Å². The van der Waals surface area contributed by atoms with Crippen molar-refractivity contribution in [2.24, 2.45) is 0 Å². The molecule has 0 amide bonds. The van der Waals surface area contributed by atoms with E-state index in [1.807, 2.05) is 12.1 Å². The van der Waals surface area contributed by atoms with Crippen molar-refractivity contribution in [3.8, 4) is 0 Å². The second-order valence-electron chi connectivity index (χ2n) is 2.85. The predicted octanol–water partition coefficient (Wildman–Crippen LogP) is 3.25. The first kappa shape index (κ1) is 11.3. The van der Waals surface area contributed by atoms with E-state index in [4.69, 9.17) is 11.6 Å². The van der Waals surface area contributed by atoms with Crippen LogP contribution < -0.4 is 5.32 Å². The Morgan fingerprint density at radius 1 is 1.23 bits per heavy atom. The lowest BCUT2D eigenvalue weighted by molar-refractivity contribution is 0.681. The Bertz CT molecular complexity index is 235. The minimum absolute atomic E-state index is 0.802. The summed E-state index contributed by atoms with van der Waals surface area (Å²) in [6, 6.07) is 7.96. The van der Waals surface area contributed by atoms with E-state index >= 15 is 0 Å². The topological polar surface area (TPSA) is 12.0 Å². The molecule has 0 saturated heterocycles. The van der Waals surface area contributed by atoms with Gasteiger partial charge in [-0.05, 0) is 30.7 Å². The van der Waals surface area contributed by atoms with E-state index in [1.165, 1.54) is 16.4 Å². The van der Waals surface area contributed by atoms with Crippen molar-refractivity contribution < 1.29 is 0 Å². The highest BCUT2D eigenvalue weighted by Crippen LogP contribution is 2.08. The van der Waals surface area contributed by atoms with Crippen LogP contribution in [-0.4, -0.2) is 11.0 Å². The van der Waals surface area contributed by atoms with Crippen molar-refractivity contribution in [3.05, 3.63) is 34.9 Å². The normalized spacial score (nSPS) is 10.3. The van der Waals surface area contributed by atoms with E-state index in [-0.39, 0.29) is 0 Å². The molecule has 0 aromatic heterocycles. The average molecular weight is 310 g/mol. The SMILES string of the molecule is Clc1ccc(CNCCCI)cc1. The third-order valence-corrected chi connectivity index (χ3v) is 2.74. The number of halogens is 2. The maximum Gasteiger partial charge on any atom is 0.0406 e. The summed E-state index contributed by atoms with van der Waals surface area (Å²) < 4.78 is 1.21. The van der Waals surface area contributed by atoms with Crippen molar-refractivity contribution in [1.82, 2.24) is 5.32 Å². The second kappa shape index (κ2) is 6.62. The third kappa shape index (κ3) is 4.84. The Balaban J connectivity index is 2.25. The maximum atomic E-state index is 5.77. The Labute approximate surface area is 98.0 Å². The zero-order chi connectivity index (χ0) is 9.52. The molecule has 13 heavy (non-hydrogen) atoms. The fraction of sp³-hybridized carbons (Fsp3) is 0.400. The van der Waals surface area contributed by atoms with Gasteiger partial charge in [-0.15, -0.1) is 0 Å². The summed E-state index contributed by atoms with van der Waals surface area (Å²) in [5.74, 6) is 0. The molecule has 0 aliphatic carbocycles. The molecule has 72 valence electrons. The van der Waals surface area contributed by atoms with Gasteiger partial charge in [0.15, 0.2) is 0 Å². The van der Waals surface area contributed by atoms with Gasteiger partial charge >= 0.3 is 0 Å². The number of rotatable bonds is 5. The largest absolute Gasteiger partial charge is 0.313 e. The zero-order valence-electron chi connectivity index (χ0n) is 7.39. The van der Waals surface area contributed by atoms with Gasteiger partial charge in [0.05, 0.1) is 0 Å². The molecule has 0 atom stereocenters. The highest BCUT2D eigenvalue weighted by Gasteiger charge is 1.91. The molecule has 0 unspecified atom stereocenters. The van der Waals surface area contributed by atoms with Crippen LogP contribution in [0.15, 0.2) is 24.3 Å². The van der Waals surface area contributed by atoms with Gasteiger partial charge < -0.3 is 5.32 Å². The fourth-order valence-corrected chi connectivity index (χ4v) is 1.53. The molecular weight excluding hydrogens is 296 g/mol. The summed E-state index contributed by atoms with van der Waals surface area (Å²) in [5.41, 5.74) is 1.29. The molecule has 0 aliphatic heterocycles. The van der Waals surface area contributed by atoms with Crippen molar-refractivity contribution in [2.75, 3.05) is 11.0 Å². The van der Waals surface area contributed by atoms with Crippen molar-refractivity contribution in [1.29, 1.82) is 0 Å². The lowest BCUT2D eigenvalue weighted by Crippen LogP contribution is -2.14. The summed E-state index contributed by atoms with van der Waals surface area (Å²) in [6.07, 6.45) is 1.23. The van der Waals surface area contributed by atoms with E-state index in [9.17, 15) is 0 Å². The molecule has 1 aromatic rings. The van der Waals surface area contributed by atoms with Crippen molar-refractivity contribution in [3.63, 3.8) is 0 Å². The molecule has 0 aliphatic rings. The number of hydrogen-bond donors (Lipinski definition) is 1. The minimum atomic E-state index is 0.802. The molecule has 1 N–H and O–H groups in total. The van der Waals surface area contributed by atoms with Crippen molar-refractivity contribution >= 4 is 34.2 Å². The van der Waals surface area contributed by atoms with Crippen LogP contribution in [-0.2, 0) is 6.54 Å². The Morgan fingerprint density at radius 2 is 1.92 bits per heavy atom. The molecule has 0 heterocycles. The average Bonchev–Trinajstić information content (AvgIpc) is 2.15. The van der Waals surface area contributed by atoms with Crippen molar-refractivity contribution in [2.45, 2.75) is 13.0 Å². The van der Waals surface area contributed by atoms with E-state index in [0.717, 1.165) is 18.1 Å². The molecule has 3 heteroatoms. The monoisotopic (exact) mass is 309 g/mol. The quantitative estimate of drug-likeness (QED) is 0.500. The third-order valence-electron chi connectivity index (χ3n) is 1.73. The van der Waals surface area contributed by atoms with Gasteiger partial charge in [0, 0.05) is 16.0 Å². The van der Waals surface area contributed by atoms with E-state index in [2.05, 4.69) is 40.0 Å². The van der Waals surface area contributed by atoms with Gasteiger partial charge in [-0.2, -0.15) is 0 Å². The van der Waals surface area contributed by atoms with Gasteiger partial charge in [-0.1, -0.05) is 46.3 Å². The summed E-state index contributed by atoms with van der Waals surface area (Å²) in [5, 5.41) is 4.18. The summed E-state index contributed by atoms with van der Waals surface area (Å²) in [4.78, 5) is 0. The molecule has 0 fully saturated rings. The standard InChI is InChI=1S/C10H13ClIN/c11-10-4-2-9(3-5-10)8-13-7-1-6-12/h2-5,13H,1,6-8H2. The van der Waals surface area contributed by atoms with Crippen LogP contribution >= 0.6 is 34.2 Å². The summed E-state index contributed by atoms with van der Waals surface area (Å²) in [6.45, 7) is 2.03. The van der Waals surface area contributed by atoms with Gasteiger partial charge in [0.1, 0.15) is 0 Å². The summed E-state index contributed by atoms with van der Waals surface area (Å²) >= 11 is 8.16. The Hall–Kier alpha value is 0.200. The second-order valence-corrected chi connectivity index (χ2v) is 4.36. The smallest absolute Gasteiger partial charge is 0.0406 e. The molecule has 0 spiro atoms. The van der Waals surface area contributed by atoms with Crippen LogP contribution in [0.3, 0.4) is 0 Å². The minimum Gasteiger partial charge on any atom is -0.313 e. The molecule has 0 bridgehead atoms. The highest BCUT2D eigenvalue weighted by molar-refractivity contribution is 14.1. The first-order chi connectivity index (χ1) is 6.33. The number of benzene rings is 1. The molecule has 0 saturated carbocycles. The molecular formula is C10H13ClIN. The number of hydrogen-bond acceptors (Lipinski definition) is 1. The predicted molar refractivity (Wildman–Crippen MR) is 66.7 cm³/mol. The van der Waals surface area contributed by atoms with Crippen LogP contribution in [0, 0.1) is 0 Å². The van der Waals surface area contributed by atoms with Crippen LogP contribution in [0.5, 0.6) is 0 Å². The van der Waals surface area contributed by atoms with Gasteiger partial charge in [-0.3, -0.25) is 0 Å².